The lowest BCUT2D eigenvalue weighted by atomic mass is 10.1. The minimum Gasteiger partial charge on any atom is -0.488 e. The van der Waals surface area contributed by atoms with Crippen molar-refractivity contribution in [2.24, 2.45) is 0 Å². The topological polar surface area (TPSA) is 64.6 Å². The number of benzene rings is 2. The summed E-state index contributed by atoms with van der Waals surface area (Å²) in [6, 6.07) is 12.6. The highest BCUT2D eigenvalue weighted by Crippen LogP contribution is 2.25. The Morgan fingerprint density at radius 1 is 1.29 bits per heavy atom. The number of hydrogen-bond donors (Lipinski definition) is 2. The highest BCUT2D eigenvalue weighted by Gasteiger charge is 2.26. The Morgan fingerprint density at radius 3 is 2.96 bits per heavy atom. The molecule has 0 spiro atoms. The minimum atomic E-state index is -0.690. The maximum atomic E-state index is 13.6. The van der Waals surface area contributed by atoms with Gasteiger partial charge < -0.3 is 14.7 Å². The minimum absolute atomic E-state index is 0.0605. The molecule has 28 heavy (non-hydrogen) atoms. The molecule has 0 bridgehead atoms. The van der Waals surface area contributed by atoms with Gasteiger partial charge in [-0.05, 0) is 37.3 Å². The number of nitrogens with zero attached hydrogens (tertiary/aromatic N) is 3. The number of β-amino-alcohol motifs (C(OH)–C–C–N with tert-alkyl or cyclic N) is 1. The van der Waals surface area contributed by atoms with Crippen LogP contribution < -0.4 is 9.64 Å². The quantitative estimate of drug-likeness (QED) is 0.685. The van der Waals surface area contributed by atoms with Gasteiger partial charge in [0.25, 0.3) is 0 Å². The van der Waals surface area contributed by atoms with E-state index in [4.69, 9.17) is 4.74 Å². The zero-order valence-electron chi connectivity index (χ0n) is 15.8. The molecule has 2 atom stereocenters. The summed E-state index contributed by atoms with van der Waals surface area (Å²) in [4.78, 5) is 4.43. The molecule has 147 valence electrons. The van der Waals surface area contributed by atoms with E-state index in [1.165, 1.54) is 6.07 Å². The van der Waals surface area contributed by atoms with Gasteiger partial charge in [-0.25, -0.2) is 4.39 Å². The standard InChI is InChI=1S/C21H24FN4O2/c1-15-12-26(17-6-7-20-16(10-17)11-23-24-20)9-8-25(15)13-18(27)14-28-21-5-3-2-4-19(21)22/h2-7,10-12,15,18,27H,8-9,13-14H2,1H3,(H,23,24). The van der Waals surface area contributed by atoms with Crippen molar-refractivity contribution in [1.82, 2.24) is 15.1 Å². The van der Waals surface area contributed by atoms with Crippen LogP contribution in [-0.2, 0) is 0 Å². The van der Waals surface area contributed by atoms with Crippen LogP contribution in [0.25, 0.3) is 10.9 Å². The largest absolute Gasteiger partial charge is 0.488 e. The van der Waals surface area contributed by atoms with Crippen molar-refractivity contribution >= 4 is 16.6 Å². The van der Waals surface area contributed by atoms with Crippen LogP contribution in [0.2, 0.25) is 0 Å². The van der Waals surface area contributed by atoms with Crippen LogP contribution >= 0.6 is 0 Å². The van der Waals surface area contributed by atoms with Crippen molar-refractivity contribution in [3.63, 3.8) is 0 Å². The number of aliphatic hydroxyl groups excluding tert-OH is 1. The molecule has 0 amide bonds. The number of para-hydroxylation sites is 1. The molecule has 2 unspecified atom stereocenters. The second-order valence-electron chi connectivity index (χ2n) is 7.11. The van der Waals surface area contributed by atoms with Crippen LogP contribution in [0, 0.1) is 12.4 Å². The van der Waals surface area contributed by atoms with E-state index in [1.807, 2.05) is 12.3 Å². The molecule has 6 nitrogen and oxygen atoms in total. The third kappa shape index (κ3) is 4.10. The van der Waals surface area contributed by atoms with E-state index in [-0.39, 0.29) is 18.4 Å². The van der Waals surface area contributed by atoms with E-state index in [0.717, 1.165) is 29.7 Å². The number of H-pyrrole nitrogens is 1. The fourth-order valence-corrected chi connectivity index (χ4v) is 3.52. The van der Waals surface area contributed by atoms with E-state index in [0.29, 0.717) is 6.54 Å². The van der Waals surface area contributed by atoms with Gasteiger partial charge >= 0.3 is 0 Å². The Bertz CT molecular complexity index is 931. The van der Waals surface area contributed by atoms with Crippen LogP contribution in [0.4, 0.5) is 10.1 Å². The Labute approximate surface area is 163 Å². The fourth-order valence-electron chi connectivity index (χ4n) is 3.52. The zero-order valence-corrected chi connectivity index (χ0v) is 15.8. The predicted molar refractivity (Wildman–Crippen MR) is 107 cm³/mol. The van der Waals surface area contributed by atoms with Crippen LogP contribution in [0.1, 0.15) is 6.92 Å². The molecule has 1 aromatic heterocycles. The molecular weight excluding hydrogens is 359 g/mol. The van der Waals surface area contributed by atoms with Crippen molar-refractivity contribution in [3.05, 3.63) is 61.0 Å². The van der Waals surface area contributed by atoms with Gasteiger partial charge in [0, 0.05) is 36.7 Å². The third-order valence-corrected chi connectivity index (χ3v) is 5.07. The zero-order chi connectivity index (χ0) is 19.5. The van der Waals surface area contributed by atoms with Gasteiger partial charge in [-0.3, -0.25) is 10.00 Å². The highest BCUT2D eigenvalue weighted by molar-refractivity contribution is 5.82. The summed E-state index contributed by atoms with van der Waals surface area (Å²) in [5, 5.41) is 18.4. The first-order valence-electron chi connectivity index (χ1n) is 9.44. The van der Waals surface area contributed by atoms with E-state index < -0.39 is 11.9 Å². The summed E-state index contributed by atoms with van der Waals surface area (Å²) < 4.78 is 19.0. The molecule has 1 aliphatic rings. The fraction of sp³-hybridized carbons (Fsp3) is 0.333. The van der Waals surface area contributed by atoms with Gasteiger partial charge in [0.2, 0.25) is 0 Å². The number of hydrogen-bond acceptors (Lipinski definition) is 5. The summed E-state index contributed by atoms with van der Waals surface area (Å²) in [5.74, 6) is -0.250. The van der Waals surface area contributed by atoms with Crippen molar-refractivity contribution < 1.29 is 14.2 Å². The van der Waals surface area contributed by atoms with Gasteiger partial charge in [-0.1, -0.05) is 12.1 Å². The van der Waals surface area contributed by atoms with Crippen LogP contribution in [-0.4, -0.2) is 58.6 Å². The molecule has 1 aliphatic heterocycles. The second kappa shape index (κ2) is 8.16. The molecule has 7 heteroatoms. The van der Waals surface area contributed by atoms with Crippen molar-refractivity contribution in [1.29, 1.82) is 0 Å². The first-order chi connectivity index (χ1) is 13.6. The lowest BCUT2D eigenvalue weighted by molar-refractivity contribution is 0.0548. The average molecular weight is 383 g/mol. The SMILES string of the molecule is CC1[CH]N(c2ccc3[nH]ncc3c2)CCN1CC(O)COc1ccccc1F. The van der Waals surface area contributed by atoms with Gasteiger partial charge in [0.05, 0.1) is 18.3 Å². The van der Waals surface area contributed by atoms with Crippen molar-refractivity contribution in [2.75, 3.05) is 31.1 Å². The van der Waals surface area contributed by atoms with Crippen LogP contribution in [0.15, 0.2) is 48.7 Å². The van der Waals surface area contributed by atoms with E-state index in [1.54, 1.807) is 18.2 Å². The lowest BCUT2D eigenvalue weighted by Crippen LogP contribution is -2.51. The Kier molecular flexibility index (Phi) is 5.45. The van der Waals surface area contributed by atoms with E-state index >= 15 is 0 Å². The summed E-state index contributed by atoms with van der Waals surface area (Å²) in [5.41, 5.74) is 2.15. The number of rotatable bonds is 6. The first kappa shape index (κ1) is 18.7. The number of halogens is 1. The molecule has 1 fully saturated rings. The molecule has 0 saturated carbocycles. The molecule has 0 aliphatic carbocycles. The summed E-state index contributed by atoms with van der Waals surface area (Å²) in [7, 11) is 0. The van der Waals surface area contributed by atoms with Gasteiger partial charge in [0.15, 0.2) is 11.6 Å². The number of nitrogens with one attached hydrogen (secondary N) is 1. The summed E-state index contributed by atoms with van der Waals surface area (Å²) in [6.07, 6.45) is 1.13. The second-order valence-corrected chi connectivity index (χ2v) is 7.11. The smallest absolute Gasteiger partial charge is 0.165 e. The molecule has 4 rings (SSSR count). The molecule has 1 radical (unpaired) electrons. The summed E-state index contributed by atoms with van der Waals surface area (Å²) >= 11 is 0. The van der Waals surface area contributed by atoms with E-state index in [9.17, 15) is 9.50 Å². The van der Waals surface area contributed by atoms with Crippen molar-refractivity contribution in [3.8, 4) is 5.75 Å². The number of ether oxygens (including phenoxy) is 1. The summed E-state index contributed by atoms with van der Waals surface area (Å²) in [6.45, 7) is 6.44. The molecule has 2 heterocycles. The van der Waals surface area contributed by atoms with Crippen molar-refractivity contribution in [2.45, 2.75) is 19.1 Å². The first-order valence-corrected chi connectivity index (χ1v) is 9.44. The number of aromatic nitrogens is 2. The maximum absolute atomic E-state index is 13.6. The number of anilines is 1. The lowest BCUT2D eigenvalue weighted by Gasteiger charge is -2.41. The van der Waals surface area contributed by atoms with Crippen LogP contribution in [0.5, 0.6) is 5.75 Å². The van der Waals surface area contributed by atoms with Gasteiger partial charge in [-0.15, -0.1) is 0 Å². The molecule has 2 aromatic carbocycles. The Morgan fingerprint density at radius 2 is 2.14 bits per heavy atom. The molecule has 3 aromatic rings. The normalized spacial score (nSPS) is 19.1. The Hall–Kier alpha value is -2.64. The highest BCUT2D eigenvalue weighted by atomic mass is 19.1. The average Bonchev–Trinajstić information content (AvgIpc) is 3.17. The number of aromatic amines is 1. The number of piperazine rings is 1. The Balaban J connectivity index is 1.30. The monoisotopic (exact) mass is 383 g/mol. The van der Waals surface area contributed by atoms with Gasteiger partial charge in [-0.2, -0.15) is 5.10 Å². The molecule has 1 saturated heterocycles. The number of fused-ring (bicyclic) bond motifs is 1. The third-order valence-electron chi connectivity index (χ3n) is 5.07. The van der Waals surface area contributed by atoms with Gasteiger partial charge in [0.1, 0.15) is 12.7 Å². The molecule has 2 N–H and O–H groups in total. The maximum Gasteiger partial charge on any atom is 0.165 e. The molecular formula is C21H24FN4O2. The van der Waals surface area contributed by atoms with Crippen LogP contribution in [0.3, 0.4) is 0 Å². The number of aliphatic hydroxyl groups is 1. The van der Waals surface area contributed by atoms with E-state index in [2.05, 4.69) is 45.6 Å². The predicted octanol–water partition coefficient (Wildman–Crippen LogP) is 2.81.